The third-order valence-corrected chi connectivity index (χ3v) is 5.20. The first-order chi connectivity index (χ1) is 14.0. The number of para-hydroxylation sites is 1. The van der Waals surface area contributed by atoms with Crippen molar-refractivity contribution in [3.63, 3.8) is 0 Å². The Hall–Kier alpha value is -3.79. The number of aromatic nitrogens is 3. The number of thiazole rings is 1. The predicted octanol–water partition coefficient (Wildman–Crippen LogP) is 2.29. The number of hydrogen-bond donors (Lipinski definition) is 0. The van der Waals surface area contributed by atoms with E-state index in [0.29, 0.717) is 37.9 Å². The van der Waals surface area contributed by atoms with Crippen LogP contribution in [-0.2, 0) is 0 Å². The highest BCUT2D eigenvalue weighted by molar-refractivity contribution is 7.15. The van der Waals surface area contributed by atoms with Crippen molar-refractivity contribution >= 4 is 28.1 Å². The molecule has 0 atom stereocenters. The van der Waals surface area contributed by atoms with E-state index >= 15 is 0 Å². The number of ether oxygens (including phenoxy) is 2. The molecule has 0 aliphatic rings. The third kappa shape index (κ3) is 3.29. The molecule has 0 unspecified atom stereocenters. The molecule has 29 heavy (non-hydrogen) atoms. The number of rotatable bonds is 5. The highest BCUT2D eigenvalue weighted by Crippen LogP contribution is 2.31. The van der Waals surface area contributed by atoms with Crippen molar-refractivity contribution in [3.8, 4) is 22.9 Å². The Morgan fingerprint density at radius 2 is 1.90 bits per heavy atom. The van der Waals surface area contributed by atoms with Crippen LogP contribution in [0, 0.1) is 10.1 Å². The lowest BCUT2D eigenvalue weighted by Gasteiger charge is -2.07. The van der Waals surface area contributed by atoms with Gasteiger partial charge in [0.25, 0.3) is 11.2 Å². The van der Waals surface area contributed by atoms with Crippen LogP contribution in [0.15, 0.2) is 47.3 Å². The van der Waals surface area contributed by atoms with Crippen molar-refractivity contribution in [2.75, 3.05) is 14.2 Å². The summed E-state index contributed by atoms with van der Waals surface area (Å²) in [5.41, 5.74) is 0.556. The smallest absolute Gasteiger partial charge is 0.291 e. The zero-order valence-electron chi connectivity index (χ0n) is 15.4. The van der Waals surface area contributed by atoms with E-state index in [1.807, 2.05) is 0 Å². The first-order valence-electron chi connectivity index (χ1n) is 8.39. The van der Waals surface area contributed by atoms with Gasteiger partial charge in [-0.05, 0) is 30.3 Å². The summed E-state index contributed by atoms with van der Waals surface area (Å²) in [7, 11) is 3.07. The van der Waals surface area contributed by atoms with Gasteiger partial charge < -0.3 is 9.47 Å². The topological polar surface area (TPSA) is 109 Å². The van der Waals surface area contributed by atoms with Crippen molar-refractivity contribution in [1.82, 2.24) is 14.6 Å². The Labute approximate surface area is 167 Å². The predicted molar refractivity (Wildman–Crippen MR) is 108 cm³/mol. The Morgan fingerprint density at radius 1 is 1.14 bits per heavy atom. The second-order valence-electron chi connectivity index (χ2n) is 5.93. The van der Waals surface area contributed by atoms with Gasteiger partial charge in [0, 0.05) is 11.6 Å². The molecule has 9 nitrogen and oxygen atoms in total. The van der Waals surface area contributed by atoms with Crippen LogP contribution in [0.4, 0.5) is 5.69 Å². The average Bonchev–Trinajstić information content (AvgIpc) is 3.27. The average molecular weight is 410 g/mol. The Bertz CT molecular complexity index is 1340. The SMILES string of the molecule is COc1ccc(-c2nc3sc(=Cc4ccccc4[N+](=O)[O-])c(=O)n3n2)cc1OC. The fraction of sp³-hybridized carbons (Fsp3) is 0.105. The van der Waals surface area contributed by atoms with Crippen molar-refractivity contribution < 1.29 is 14.4 Å². The van der Waals surface area contributed by atoms with Crippen LogP contribution in [0.5, 0.6) is 11.5 Å². The van der Waals surface area contributed by atoms with E-state index in [1.165, 1.54) is 23.8 Å². The molecule has 4 aromatic rings. The van der Waals surface area contributed by atoms with Gasteiger partial charge in [-0.1, -0.05) is 23.5 Å². The molecular weight excluding hydrogens is 396 g/mol. The molecule has 4 rings (SSSR count). The molecular formula is C19H14N4O5S. The van der Waals surface area contributed by atoms with Gasteiger partial charge in [0.15, 0.2) is 17.3 Å². The number of hydrogen-bond acceptors (Lipinski definition) is 8. The van der Waals surface area contributed by atoms with Crippen LogP contribution < -0.4 is 19.6 Å². The highest BCUT2D eigenvalue weighted by atomic mass is 32.1. The van der Waals surface area contributed by atoms with E-state index in [0.717, 1.165) is 11.3 Å². The summed E-state index contributed by atoms with van der Waals surface area (Å²) in [6, 6.07) is 11.5. The fourth-order valence-electron chi connectivity index (χ4n) is 2.85. The molecule has 2 heterocycles. The highest BCUT2D eigenvalue weighted by Gasteiger charge is 2.15. The normalized spacial score (nSPS) is 11.7. The lowest BCUT2D eigenvalue weighted by Crippen LogP contribution is -2.23. The third-order valence-electron chi connectivity index (χ3n) is 4.24. The monoisotopic (exact) mass is 410 g/mol. The minimum absolute atomic E-state index is 0.0723. The maximum atomic E-state index is 12.7. The van der Waals surface area contributed by atoms with Crippen LogP contribution in [0.25, 0.3) is 22.4 Å². The quantitative estimate of drug-likeness (QED) is 0.367. The number of nitrogens with zero attached hydrogens (tertiary/aromatic N) is 4. The molecule has 0 aliphatic heterocycles. The lowest BCUT2D eigenvalue weighted by molar-refractivity contribution is -0.385. The zero-order chi connectivity index (χ0) is 20.5. The van der Waals surface area contributed by atoms with E-state index in [4.69, 9.17) is 9.47 Å². The van der Waals surface area contributed by atoms with Gasteiger partial charge in [-0.3, -0.25) is 14.9 Å². The minimum Gasteiger partial charge on any atom is -0.493 e. The largest absolute Gasteiger partial charge is 0.493 e. The maximum absolute atomic E-state index is 12.7. The minimum atomic E-state index is -0.484. The molecule has 0 fully saturated rings. The van der Waals surface area contributed by atoms with Gasteiger partial charge in [-0.2, -0.15) is 9.50 Å². The van der Waals surface area contributed by atoms with Crippen LogP contribution in [-0.4, -0.2) is 33.7 Å². The number of nitro benzene ring substituents is 1. The number of benzene rings is 2. The zero-order valence-corrected chi connectivity index (χ0v) is 16.2. The Balaban J connectivity index is 1.80. The van der Waals surface area contributed by atoms with Crippen LogP contribution in [0.3, 0.4) is 0 Å². The summed E-state index contributed by atoms with van der Waals surface area (Å²) in [5.74, 6) is 1.46. The van der Waals surface area contributed by atoms with Crippen molar-refractivity contribution in [2.45, 2.75) is 0 Å². The molecule has 0 N–H and O–H groups in total. The van der Waals surface area contributed by atoms with Gasteiger partial charge in [0.2, 0.25) is 4.96 Å². The Morgan fingerprint density at radius 3 is 2.59 bits per heavy atom. The van der Waals surface area contributed by atoms with Crippen molar-refractivity contribution in [1.29, 1.82) is 0 Å². The molecule has 0 saturated heterocycles. The molecule has 0 saturated carbocycles. The molecule has 2 aromatic heterocycles. The van der Waals surface area contributed by atoms with E-state index in [1.54, 1.807) is 43.5 Å². The lowest BCUT2D eigenvalue weighted by atomic mass is 10.2. The number of methoxy groups -OCH3 is 2. The van der Waals surface area contributed by atoms with E-state index in [2.05, 4.69) is 10.1 Å². The van der Waals surface area contributed by atoms with E-state index in [-0.39, 0.29) is 11.2 Å². The van der Waals surface area contributed by atoms with E-state index in [9.17, 15) is 14.9 Å². The molecule has 0 amide bonds. The van der Waals surface area contributed by atoms with Gasteiger partial charge in [0.1, 0.15) is 0 Å². The van der Waals surface area contributed by atoms with Gasteiger partial charge >= 0.3 is 0 Å². The summed E-state index contributed by atoms with van der Waals surface area (Å²) in [4.78, 5) is 28.2. The molecule has 0 bridgehead atoms. The van der Waals surface area contributed by atoms with Crippen molar-refractivity contribution in [2.24, 2.45) is 0 Å². The summed E-state index contributed by atoms with van der Waals surface area (Å²) >= 11 is 1.12. The first kappa shape index (κ1) is 18.6. The summed E-state index contributed by atoms with van der Waals surface area (Å²) < 4.78 is 12.0. The van der Waals surface area contributed by atoms with Crippen LogP contribution >= 0.6 is 11.3 Å². The number of nitro groups is 1. The van der Waals surface area contributed by atoms with Gasteiger partial charge in [-0.15, -0.1) is 5.10 Å². The Kier molecular flexibility index (Phi) is 4.69. The number of fused-ring (bicyclic) bond motifs is 1. The van der Waals surface area contributed by atoms with Crippen LogP contribution in [0.2, 0.25) is 0 Å². The molecule has 146 valence electrons. The maximum Gasteiger partial charge on any atom is 0.291 e. The molecule has 10 heteroatoms. The second-order valence-corrected chi connectivity index (χ2v) is 6.94. The van der Waals surface area contributed by atoms with Crippen LogP contribution in [0.1, 0.15) is 5.56 Å². The van der Waals surface area contributed by atoms with E-state index < -0.39 is 4.92 Å². The summed E-state index contributed by atoms with van der Waals surface area (Å²) in [6.45, 7) is 0. The van der Waals surface area contributed by atoms with Gasteiger partial charge in [-0.25, -0.2) is 0 Å². The molecule has 0 aliphatic carbocycles. The molecule has 0 spiro atoms. The first-order valence-corrected chi connectivity index (χ1v) is 9.20. The second kappa shape index (κ2) is 7.32. The van der Waals surface area contributed by atoms with Crippen molar-refractivity contribution in [3.05, 3.63) is 73.0 Å². The molecule has 0 radical (unpaired) electrons. The fourth-order valence-corrected chi connectivity index (χ4v) is 3.75. The van der Waals surface area contributed by atoms with Gasteiger partial charge in [0.05, 0.1) is 29.2 Å². The summed E-state index contributed by atoms with van der Waals surface area (Å²) in [5, 5.41) is 15.5. The summed E-state index contributed by atoms with van der Waals surface area (Å²) in [6.07, 6.45) is 1.48. The molecule has 2 aromatic carbocycles. The standard InChI is InChI=1S/C19H14N4O5S/c1-27-14-8-7-12(9-15(14)28-2)17-20-19-22(21-17)18(24)16(29-19)10-11-5-3-4-6-13(11)23(25)26/h3-10H,1-2H3.